The Labute approximate surface area is 147 Å². The van der Waals surface area contributed by atoms with E-state index < -0.39 is 12.1 Å². The van der Waals surface area contributed by atoms with E-state index in [1.165, 1.54) is 5.56 Å². The molecule has 3 rings (SSSR count). The highest BCUT2D eigenvalue weighted by molar-refractivity contribution is 5.80. The molecule has 1 aromatic carbocycles. The van der Waals surface area contributed by atoms with Crippen LogP contribution in [-0.4, -0.2) is 31.8 Å². The summed E-state index contributed by atoms with van der Waals surface area (Å²) < 4.78 is 38.8. The minimum absolute atomic E-state index is 0.139. The van der Waals surface area contributed by atoms with E-state index in [1.54, 1.807) is 7.05 Å². The van der Waals surface area contributed by atoms with Crippen LogP contribution in [0.1, 0.15) is 43.6 Å². The molecule has 2 aliphatic carbocycles. The van der Waals surface area contributed by atoms with Crippen LogP contribution in [0.4, 0.5) is 13.2 Å². The van der Waals surface area contributed by atoms with Crippen molar-refractivity contribution in [1.29, 1.82) is 0 Å². The fourth-order valence-corrected chi connectivity index (χ4v) is 3.82. The van der Waals surface area contributed by atoms with Gasteiger partial charge in [0.15, 0.2) is 5.96 Å². The van der Waals surface area contributed by atoms with Gasteiger partial charge in [-0.05, 0) is 43.1 Å². The van der Waals surface area contributed by atoms with Gasteiger partial charge in [0.05, 0.1) is 5.92 Å². The molecule has 0 aromatic heterocycles. The predicted molar refractivity (Wildman–Crippen MR) is 93.6 cm³/mol. The van der Waals surface area contributed by atoms with Crippen LogP contribution in [0.25, 0.3) is 0 Å². The van der Waals surface area contributed by atoms with Crippen LogP contribution in [0.3, 0.4) is 0 Å². The van der Waals surface area contributed by atoms with Crippen molar-refractivity contribution in [3.63, 3.8) is 0 Å². The van der Waals surface area contributed by atoms with Gasteiger partial charge in [-0.2, -0.15) is 13.2 Å². The summed E-state index contributed by atoms with van der Waals surface area (Å²) in [5.41, 5.74) is 1.36. The summed E-state index contributed by atoms with van der Waals surface area (Å²) in [5.74, 6) is 0.570. The Morgan fingerprint density at radius 3 is 2.60 bits per heavy atom. The van der Waals surface area contributed by atoms with E-state index in [0.717, 1.165) is 19.4 Å². The van der Waals surface area contributed by atoms with E-state index >= 15 is 0 Å². The lowest BCUT2D eigenvalue weighted by Crippen LogP contribution is -2.47. The second-order valence-corrected chi connectivity index (χ2v) is 7.21. The average Bonchev–Trinajstić information content (AvgIpc) is 3.38. The summed E-state index contributed by atoms with van der Waals surface area (Å²) >= 11 is 0. The number of aliphatic imine (C=N–C) groups is 1. The molecule has 138 valence electrons. The zero-order chi connectivity index (χ0) is 17.9. The van der Waals surface area contributed by atoms with Crippen LogP contribution < -0.4 is 10.6 Å². The molecule has 4 unspecified atom stereocenters. The third-order valence-electron chi connectivity index (χ3n) is 5.38. The smallest absolute Gasteiger partial charge is 0.356 e. The van der Waals surface area contributed by atoms with E-state index in [4.69, 9.17) is 0 Å². The number of halogens is 3. The maximum absolute atomic E-state index is 12.9. The molecule has 0 amide bonds. The molecule has 2 N–H and O–H groups in total. The van der Waals surface area contributed by atoms with Gasteiger partial charge in [-0.1, -0.05) is 36.8 Å². The molecule has 2 fully saturated rings. The van der Waals surface area contributed by atoms with Crippen molar-refractivity contribution in [2.75, 3.05) is 13.6 Å². The summed E-state index contributed by atoms with van der Waals surface area (Å²) in [6.07, 6.45) is -1.18. The number of hydrogen-bond donors (Lipinski definition) is 2. The van der Waals surface area contributed by atoms with Gasteiger partial charge in [0, 0.05) is 19.6 Å². The highest BCUT2D eigenvalue weighted by Gasteiger charge is 2.42. The Bertz CT molecular complexity index is 585. The van der Waals surface area contributed by atoms with Crippen molar-refractivity contribution in [2.24, 2.45) is 16.8 Å². The van der Waals surface area contributed by atoms with Crippen molar-refractivity contribution in [3.05, 3.63) is 35.9 Å². The SMILES string of the molecule is CN=C(NCC1CC1c1ccccc1)NC1CCCC(C(F)(F)F)C1. The molecule has 0 radical (unpaired) electrons. The summed E-state index contributed by atoms with van der Waals surface area (Å²) in [6, 6.07) is 10.3. The van der Waals surface area contributed by atoms with Crippen LogP contribution in [0, 0.1) is 11.8 Å². The molecule has 3 nitrogen and oxygen atoms in total. The number of guanidine groups is 1. The first-order valence-electron chi connectivity index (χ1n) is 9.06. The normalized spacial score (nSPS) is 30.0. The molecule has 4 atom stereocenters. The lowest BCUT2D eigenvalue weighted by atomic mass is 9.85. The third kappa shape index (κ3) is 4.89. The van der Waals surface area contributed by atoms with Crippen LogP contribution in [0.2, 0.25) is 0 Å². The summed E-state index contributed by atoms with van der Waals surface area (Å²) in [7, 11) is 1.67. The van der Waals surface area contributed by atoms with Crippen LogP contribution in [-0.2, 0) is 0 Å². The minimum Gasteiger partial charge on any atom is -0.356 e. The Morgan fingerprint density at radius 1 is 1.16 bits per heavy atom. The molecule has 6 heteroatoms. The number of rotatable bonds is 4. The fraction of sp³-hybridized carbons (Fsp3) is 0.632. The molecular formula is C19H26F3N3. The Kier molecular flexibility index (Phi) is 5.54. The first kappa shape index (κ1) is 18.1. The monoisotopic (exact) mass is 353 g/mol. The summed E-state index contributed by atoms with van der Waals surface area (Å²) in [4.78, 5) is 4.18. The fourth-order valence-electron chi connectivity index (χ4n) is 3.82. The van der Waals surface area contributed by atoms with Gasteiger partial charge >= 0.3 is 6.18 Å². The zero-order valence-corrected chi connectivity index (χ0v) is 14.5. The van der Waals surface area contributed by atoms with Crippen molar-refractivity contribution in [1.82, 2.24) is 10.6 Å². The van der Waals surface area contributed by atoms with Crippen LogP contribution >= 0.6 is 0 Å². The van der Waals surface area contributed by atoms with Gasteiger partial charge in [0.1, 0.15) is 0 Å². The molecule has 0 bridgehead atoms. The van der Waals surface area contributed by atoms with E-state index in [1.807, 2.05) is 6.07 Å². The molecule has 0 aliphatic heterocycles. The average molecular weight is 353 g/mol. The topological polar surface area (TPSA) is 36.4 Å². The molecule has 25 heavy (non-hydrogen) atoms. The Balaban J connectivity index is 1.45. The number of hydrogen-bond acceptors (Lipinski definition) is 1. The van der Waals surface area contributed by atoms with Crippen molar-refractivity contribution >= 4 is 5.96 Å². The maximum Gasteiger partial charge on any atom is 0.391 e. The van der Waals surface area contributed by atoms with E-state index in [9.17, 15) is 13.2 Å². The standard InChI is InChI=1S/C19H26F3N3/c1-23-18(25-16-9-5-8-15(11-16)19(20,21)22)24-12-14-10-17(14)13-6-3-2-4-7-13/h2-4,6-7,14-17H,5,8-12H2,1H3,(H2,23,24,25). The maximum atomic E-state index is 12.9. The minimum atomic E-state index is -4.09. The van der Waals surface area contributed by atoms with Gasteiger partial charge in [-0.3, -0.25) is 4.99 Å². The van der Waals surface area contributed by atoms with Gasteiger partial charge in [-0.25, -0.2) is 0 Å². The van der Waals surface area contributed by atoms with Gasteiger partial charge in [-0.15, -0.1) is 0 Å². The quantitative estimate of drug-likeness (QED) is 0.632. The highest BCUT2D eigenvalue weighted by Crippen LogP contribution is 2.46. The largest absolute Gasteiger partial charge is 0.391 e. The molecule has 0 heterocycles. The first-order chi connectivity index (χ1) is 12.0. The lowest BCUT2D eigenvalue weighted by molar-refractivity contribution is -0.183. The number of benzene rings is 1. The van der Waals surface area contributed by atoms with Crippen molar-refractivity contribution in [2.45, 2.75) is 50.2 Å². The number of nitrogens with zero attached hydrogens (tertiary/aromatic N) is 1. The second-order valence-electron chi connectivity index (χ2n) is 7.21. The number of nitrogens with one attached hydrogen (secondary N) is 2. The van der Waals surface area contributed by atoms with Crippen molar-refractivity contribution < 1.29 is 13.2 Å². The summed E-state index contributed by atoms with van der Waals surface area (Å²) in [6.45, 7) is 0.800. The van der Waals surface area contributed by atoms with E-state index in [0.29, 0.717) is 24.2 Å². The van der Waals surface area contributed by atoms with Gasteiger partial charge in [0.2, 0.25) is 0 Å². The van der Waals surface area contributed by atoms with E-state index in [2.05, 4.69) is 39.9 Å². The molecule has 0 saturated heterocycles. The van der Waals surface area contributed by atoms with Crippen LogP contribution in [0.5, 0.6) is 0 Å². The Hall–Kier alpha value is -1.72. The highest BCUT2D eigenvalue weighted by atomic mass is 19.4. The number of alkyl halides is 3. The molecule has 2 saturated carbocycles. The van der Waals surface area contributed by atoms with Gasteiger partial charge in [0.25, 0.3) is 0 Å². The van der Waals surface area contributed by atoms with Crippen LogP contribution in [0.15, 0.2) is 35.3 Å². The predicted octanol–water partition coefficient (Wildman–Crippen LogP) is 4.08. The van der Waals surface area contributed by atoms with Gasteiger partial charge < -0.3 is 10.6 Å². The second kappa shape index (κ2) is 7.67. The molecule has 0 spiro atoms. The zero-order valence-electron chi connectivity index (χ0n) is 14.5. The van der Waals surface area contributed by atoms with E-state index in [-0.39, 0.29) is 18.9 Å². The van der Waals surface area contributed by atoms with Crippen molar-refractivity contribution in [3.8, 4) is 0 Å². The molecule has 2 aliphatic rings. The lowest BCUT2D eigenvalue weighted by Gasteiger charge is -2.31. The first-order valence-corrected chi connectivity index (χ1v) is 9.06. The summed E-state index contributed by atoms with van der Waals surface area (Å²) in [5, 5.41) is 6.47. The third-order valence-corrected chi connectivity index (χ3v) is 5.38. The molecular weight excluding hydrogens is 327 g/mol. The Morgan fingerprint density at radius 2 is 1.92 bits per heavy atom. The molecule has 1 aromatic rings.